The van der Waals surface area contributed by atoms with Crippen molar-refractivity contribution in [2.75, 3.05) is 5.32 Å². The molecule has 2 spiro atoms. The molecule has 0 radical (unpaired) electrons. The van der Waals surface area contributed by atoms with Crippen molar-refractivity contribution in [2.24, 2.45) is 5.41 Å². The average molecular weight is 839 g/mol. The van der Waals surface area contributed by atoms with Crippen molar-refractivity contribution in [2.45, 2.75) is 112 Å². The van der Waals surface area contributed by atoms with Crippen LogP contribution in [0, 0.1) is 11.2 Å². The fraction of sp³-hybridized carbons (Fsp3) is 0.422. The standard InChI is InChI=1S/C45H46Cl2FN7O4/c1-43(2)20-22-44(23-21-43)45(31-17-18-32(46)52-39(31)53-42(45)58)33(30-19-24-49-38(47)34(30)48)36(40(57)51-29-15-13-28(14-16-29)41-54-50-25-59-41)55(44)35(26-9-5-3-6-10-26)37(56)27-11-7-4-8-12-27/h3-12,17-19,24-25,28-29,33,35-37,56H,13-16,20-23H2,1-2H3,(H,51,57)(H,52,53,58)/t28-,29-,33-,35+,36+,37-,45+/m0/s1. The lowest BCUT2D eigenvalue weighted by Gasteiger charge is -2.56. The first-order valence-corrected chi connectivity index (χ1v) is 21.1. The Morgan fingerprint density at radius 2 is 1.63 bits per heavy atom. The van der Waals surface area contributed by atoms with Gasteiger partial charge in [0.05, 0.1) is 18.2 Å². The second kappa shape index (κ2) is 15.4. The van der Waals surface area contributed by atoms with Crippen molar-refractivity contribution < 1.29 is 23.5 Å². The number of fused-ring (bicyclic) bond motifs is 3. The van der Waals surface area contributed by atoms with E-state index in [0.29, 0.717) is 68.4 Å². The topological polar surface area (TPSA) is 146 Å². The van der Waals surface area contributed by atoms with Gasteiger partial charge < -0.3 is 20.2 Å². The Hall–Kier alpha value is -4.75. The summed E-state index contributed by atoms with van der Waals surface area (Å²) in [6.07, 6.45) is 6.50. The number of pyridine rings is 2. The zero-order valence-electron chi connectivity index (χ0n) is 32.8. The Balaban J connectivity index is 1.31. The predicted molar refractivity (Wildman–Crippen MR) is 220 cm³/mol. The predicted octanol–water partition coefficient (Wildman–Crippen LogP) is 8.62. The van der Waals surface area contributed by atoms with Crippen LogP contribution in [0.5, 0.6) is 0 Å². The van der Waals surface area contributed by atoms with E-state index in [-0.39, 0.29) is 45.0 Å². The molecule has 4 aliphatic rings. The molecule has 2 saturated carbocycles. The molecule has 2 aliphatic heterocycles. The molecule has 9 rings (SSSR count). The second-order valence-electron chi connectivity index (χ2n) is 17.4. The fourth-order valence-corrected chi connectivity index (χ4v) is 11.3. The van der Waals surface area contributed by atoms with Gasteiger partial charge in [-0.25, -0.2) is 14.4 Å². The first-order valence-electron chi connectivity index (χ1n) is 20.4. The lowest BCUT2D eigenvalue weighted by molar-refractivity contribution is -0.137. The Morgan fingerprint density at radius 1 is 0.949 bits per heavy atom. The molecule has 5 atom stereocenters. The Labute approximate surface area is 352 Å². The lowest BCUT2D eigenvalue weighted by atomic mass is 9.53. The van der Waals surface area contributed by atoms with Crippen LogP contribution in [-0.2, 0) is 15.0 Å². The van der Waals surface area contributed by atoms with Crippen molar-refractivity contribution in [1.29, 1.82) is 0 Å². The zero-order chi connectivity index (χ0) is 41.1. The van der Waals surface area contributed by atoms with Crippen LogP contribution in [-0.4, -0.2) is 59.6 Å². The number of rotatable bonds is 8. The van der Waals surface area contributed by atoms with Crippen molar-refractivity contribution in [3.05, 3.63) is 136 Å². The number of carbonyl (C=O) groups is 2. The van der Waals surface area contributed by atoms with Gasteiger partial charge in [0, 0.05) is 35.2 Å². The van der Waals surface area contributed by atoms with Gasteiger partial charge >= 0.3 is 0 Å². The summed E-state index contributed by atoms with van der Waals surface area (Å²) in [6.45, 7) is 4.41. The molecule has 14 heteroatoms. The second-order valence-corrected chi connectivity index (χ2v) is 18.1. The highest BCUT2D eigenvalue weighted by Gasteiger charge is 2.77. The molecule has 2 aliphatic carbocycles. The summed E-state index contributed by atoms with van der Waals surface area (Å²) >= 11 is 13.0. The van der Waals surface area contributed by atoms with Gasteiger partial charge in [0.25, 0.3) is 0 Å². The molecule has 0 bridgehead atoms. The molecule has 306 valence electrons. The minimum atomic E-state index is -1.62. The molecule has 3 N–H and O–H groups in total. The summed E-state index contributed by atoms with van der Waals surface area (Å²) in [5.74, 6) is -1.88. The summed E-state index contributed by atoms with van der Waals surface area (Å²) in [5.41, 5.74) is -0.959. The molecule has 0 unspecified atom stereocenters. The highest BCUT2D eigenvalue weighted by Crippen LogP contribution is 2.69. The lowest BCUT2D eigenvalue weighted by Crippen LogP contribution is -2.64. The first kappa shape index (κ1) is 39.7. The smallest absolute Gasteiger partial charge is 0.238 e. The maximum Gasteiger partial charge on any atom is 0.238 e. The number of aliphatic hydroxyl groups excluding tert-OH is 1. The van der Waals surface area contributed by atoms with Crippen molar-refractivity contribution in [3.8, 4) is 0 Å². The van der Waals surface area contributed by atoms with E-state index in [2.05, 4.69) is 49.5 Å². The van der Waals surface area contributed by atoms with E-state index in [1.807, 2.05) is 60.7 Å². The van der Waals surface area contributed by atoms with Crippen LogP contribution < -0.4 is 10.6 Å². The number of anilines is 1. The third-order valence-electron chi connectivity index (χ3n) is 13.8. The summed E-state index contributed by atoms with van der Waals surface area (Å²) in [7, 11) is 0. The summed E-state index contributed by atoms with van der Waals surface area (Å²) in [6, 6.07) is 21.6. The minimum Gasteiger partial charge on any atom is -0.428 e. The van der Waals surface area contributed by atoms with Crippen molar-refractivity contribution in [3.63, 3.8) is 0 Å². The normalized spacial score (nSPS) is 27.0. The molecular formula is C45H46Cl2FN7O4. The van der Waals surface area contributed by atoms with Gasteiger partial charge in [0.15, 0.2) is 11.0 Å². The number of nitrogens with zero attached hydrogens (tertiary/aromatic N) is 5. The van der Waals surface area contributed by atoms with Crippen LogP contribution in [0.2, 0.25) is 10.3 Å². The highest BCUT2D eigenvalue weighted by atomic mass is 35.5. The number of amides is 2. The van der Waals surface area contributed by atoms with Crippen molar-refractivity contribution in [1.82, 2.24) is 30.4 Å². The number of likely N-dealkylation sites (tertiary alicyclic amines) is 1. The molecule has 2 amide bonds. The third-order valence-corrected chi connectivity index (χ3v) is 14.3. The number of hydrogen-bond donors (Lipinski definition) is 3. The number of aromatic nitrogens is 4. The fourth-order valence-electron chi connectivity index (χ4n) is 11.0. The zero-order valence-corrected chi connectivity index (χ0v) is 34.3. The molecule has 3 fully saturated rings. The van der Waals surface area contributed by atoms with E-state index >= 15 is 14.0 Å². The highest BCUT2D eigenvalue weighted by molar-refractivity contribution is 6.30. The van der Waals surface area contributed by atoms with Gasteiger partial charge in [-0.05, 0) is 85.6 Å². The molecule has 2 aromatic carbocycles. The number of nitrogens with one attached hydrogen (secondary N) is 2. The number of benzene rings is 2. The summed E-state index contributed by atoms with van der Waals surface area (Å²) in [4.78, 5) is 42.3. The SMILES string of the molecule is CC1(C)CCC2(CC1)N([C@H](c1ccccc1)[C@@H](O)c1ccccc1)[C@@H](C(=O)N[C@H]1CC[C@H](c3nnco3)CC1)[C@H](c1ccnc(Cl)c1F)[C@]21C(=O)Nc2nc(Cl)ccc21. The largest absolute Gasteiger partial charge is 0.428 e. The molecule has 59 heavy (non-hydrogen) atoms. The van der Waals surface area contributed by atoms with Gasteiger partial charge in [-0.2, -0.15) is 0 Å². The van der Waals surface area contributed by atoms with E-state index in [1.165, 1.54) is 18.7 Å². The molecular weight excluding hydrogens is 792 g/mol. The number of aliphatic hydroxyl groups is 1. The maximum absolute atomic E-state index is 17.1. The van der Waals surface area contributed by atoms with Crippen LogP contribution in [0.4, 0.5) is 10.2 Å². The molecule has 5 aromatic rings. The van der Waals surface area contributed by atoms with Crippen LogP contribution in [0.3, 0.4) is 0 Å². The van der Waals surface area contributed by atoms with Crippen molar-refractivity contribution >= 4 is 40.8 Å². The first-order chi connectivity index (χ1) is 28.4. The van der Waals surface area contributed by atoms with Gasteiger partial charge in [0.2, 0.25) is 24.1 Å². The van der Waals surface area contributed by atoms with Gasteiger partial charge in [-0.3, -0.25) is 14.5 Å². The molecule has 5 heterocycles. The van der Waals surface area contributed by atoms with Crippen LogP contribution in [0.25, 0.3) is 0 Å². The average Bonchev–Trinajstić information content (AvgIpc) is 3.94. The minimum absolute atomic E-state index is 0.0630. The summed E-state index contributed by atoms with van der Waals surface area (Å²) in [5, 5.41) is 27.2. The summed E-state index contributed by atoms with van der Waals surface area (Å²) < 4.78 is 22.6. The molecule has 3 aromatic heterocycles. The van der Waals surface area contributed by atoms with E-state index in [0.717, 1.165) is 5.56 Å². The monoisotopic (exact) mass is 837 g/mol. The quantitative estimate of drug-likeness (QED) is 0.131. The Morgan fingerprint density at radius 3 is 2.29 bits per heavy atom. The van der Waals surface area contributed by atoms with Gasteiger partial charge in [-0.15, -0.1) is 10.2 Å². The molecule has 1 saturated heterocycles. The van der Waals surface area contributed by atoms with E-state index < -0.39 is 46.8 Å². The van der Waals surface area contributed by atoms with E-state index in [1.54, 1.807) is 12.1 Å². The number of carbonyl (C=O) groups excluding carboxylic acids is 2. The van der Waals surface area contributed by atoms with E-state index in [9.17, 15) is 5.11 Å². The van der Waals surface area contributed by atoms with Crippen LogP contribution >= 0.6 is 23.2 Å². The Kier molecular flexibility index (Phi) is 10.3. The Bertz CT molecular complexity index is 2340. The third kappa shape index (κ3) is 6.54. The number of hydrogen-bond acceptors (Lipinski definition) is 9. The van der Waals surface area contributed by atoms with Gasteiger partial charge in [-0.1, -0.05) is 104 Å². The van der Waals surface area contributed by atoms with Crippen LogP contribution in [0.15, 0.2) is 95.9 Å². The van der Waals surface area contributed by atoms with E-state index in [4.69, 9.17) is 27.6 Å². The maximum atomic E-state index is 17.1. The number of halogens is 3. The van der Waals surface area contributed by atoms with Crippen LogP contribution in [0.1, 0.15) is 117 Å². The van der Waals surface area contributed by atoms with Gasteiger partial charge in [0.1, 0.15) is 16.4 Å². The molecule has 11 nitrogen and oxygen atoms in total.